The van der Waals surface area contributed by atoms with Crippen LogP contribution in [-0.2, 0) is 4.74 Å². The van der Waals surface area contributed by atoms with Crippen LogP contribution in [0.2, 0.25) is 0 Å². The fraction of sp³-hybridized carbons (Fsp3) is 0.467. The second kappa shape index (κ2) is 7.20. The van der Waals surface area contributed by atoms with Gasteiger partial charge < -0.3 is 15.0 Å². The van der Waals surface area contributed by atoms with Gasteiger partial charge in [-0.05, 0) is 31.9 Å². The first-order chi connectivity index (χ1) is 10.5. The van der Waals surface area contributed by atoms with Crippen molar-refractivity contribution in [3.63, 3.8) is 0 Å². The van der Waals surface area contributed by atoms with Crippen molar-refractivity contribution in [3.8, 4) is 0 Å². The molecule has 1 N–H and O–H groups in total. The molecular weight excluding hydrogens is 294 g/mol. The lowest BCUT2D eigenvalue weighted by Crippen LogP contribution is -2.46. The van der Waals surface area contributed by atoms with E-state index >= 15 is 0 Å². The zero-order chi connectivity index (χ0) is 16.1. The van der Waals surface area contributed by atoms with E-state index in [0.717, 1.165) is 12.1 Å². The number of likely N-dealkylation sites (tertiary alicyclic amines) is 1. The average molecular weight is 312 g/mol. The van der Waals surface area contributed by atoms with E-state index in [1.54, 1.807) is 11.8 Å². The maximum absolute atomic E-state index is 13.1. The molecule has 2 amide bonds. The smallest absolute Gasteiger partial charge is 0.409 e. The molecule has 5 nitrogen and oxygen atoms in total. The molecule has 2 rings (SSSR count). The maximum atomic E-state index is 13.1. The van der Waals surface area contributed by atoms with Gasteiger partial charge in [0.15, 0.2) is 0 Å². The van der Waals surface area contributed by atoms with Crippen molar-refractivity contribution in [3.05, 3.63) is 35.4 Å². The Kier molecular flexibility index (Phi) is 5.30. The van der Waals surface area contributed by atoms with Gasteiger partial charge in [0.1, 0.15) is 11.6 Å². The molecule has 1 saturated heterocycles. The van der Waals surface area contributed by atoms with Crippen LogP contribution in [0.25, 0.3) is 0 Å². The summed E-state index contributed by atoms with van der Waals surface area (Å²) in [5.41, 5.74) is -0.0506. The van der Waals surface area contributed by atoms with E-state index < -0.39 is 17.5 Å². The zero-order valence-electron chi connectivity index (χ0n) is 12.3. The minimum atomic E-state index is -0.790. The van der Waals surface area contributed by atoms with Gasteiger partial charge in [0.2, 0.25) is 0 Å². The number of hydrogen-bond donors (Lipinski definition) is 1. The number of benzene rings is 1. The van der Waals surface area contributed by atoms with Crippen LogP contribution >= 0.6 is 0 Å². The van der Waals surface area contributed by atoms with Gasteiger partial charge in [-0.1, -0.05) is 0 Å². The molecule has 1 aliphatic rings. The molecule has 0 radical (unpaired) electrons. The van der Waals surface area contributed by atoms with Crippen molar-refractivity contribution >= 4 is 12.0 Å². The number of carbonyl (C=O) groups is 2. The second-order valence-electron chi connectivity index (χ2n) is 5.09. The molecule has 0 unspecified atom stereocenters. The Morgan fingerprint density at radius 3 is 2.36 bits per heavy atom. The minimum absolute atomic E-state index is 0.0506. The van der Waals surface area contributed by atoms with Crippen LogP contribution in [0.5, 0.6) is 0 Å². The predicted molar refractivity (Wildman–Crippen MR) is 75.4 cm³/mol. The van der Waals surface area contributed by atoms with Crippen LogP contribution < -0.4 is 5.32 Å². The summed E-state index contributed by atoms with van der Waals surface area (Å²) in [7, 11) is 0. The summed E-state index contributed by atoms with van der Waals surface area (Å²) < 4.78 is 31.1. The number of ether oxygens (including phenoxy) is 1. The van der Waals surface area contributed by atoms with E-state index in [4.69, 9.17) is 4.74 Å². The third-order valence-corrected chi connectivity index (χ3v) is 3.48. The molecule has 0 bridgehead atoms. The number of nitrogens with zero attached hydrogens (tertiary/aromatic N) is 1. The van der Waals surface area contributed by atoms with E-state index in [0.29, 0.717) is 38.6 Å². The highest BCUT2D eigenvalue weighted by atomic mass is 19.1. The van der Waals surface area contributed by atoms with Crippen LogP contribution in [0.15, 0.2) is 18.2 Å². The number of carbonyl (C=O) groups excluding carboxylic acids is 2. The average Bonchev–Trinajstić information content (AvgIpc) is 2.47. The van der Waals surface area contributed by atoms with Crippen LogP contribution in [0.4, 0.5) is 13.6 Å². The van der Waals surface area contributed by atoms with Gasteiger partial charge in [0.05, 0.1) is 6.61 Å². The topological polar surface area (TPSA) is 58.6 Å². The second-order valence-corrected chi connectivity index (χ2v) is 5.09. The molecule has 1 aliphatic heterocycles. The molecular formula is C15H18F2N2O3. The van der Waals surface area contributed by atoms with Crippen LogP contribution in [0.3, 0.4) is 0 Å². The fourth-order valence-corrected chi connectivity index (χ4v) is 2.37. The molecule has 22 heavy (non-hydrogen) atoms. The van der Waals surface area contributed by atoms with Crippen molar-refractivity contribution < 1.29 is 23.1 Å². The van der Waals surface area contributed by atoms with E-state index in [1.165, 1.54) is 0 Å². The summed E-state index contributed by atoms with van der Waals surface area (Å²) in [6.07, 6.45) is 0.782. The molecule has 1 aromatic rings. The number of amides is 2. The van der Waals surface area contributed by atoms with Gasteiger partial charge in [-0.2, -0.15) is 0 Å². The van der Waals surface area contributed by atoms with Gasteiger partial charge in [0.25, 0.3) is 5.91 Å². The summed E-state index contributed by atoms with van der Waals surface area (Å²) in [4.78, 5) is 25.1. The van der Waals surface area contributed by atoms with Gasteiger partial charge in [-0.3, -0.25) is 4.79 Å². The van der Waals surface area contributed by atoms with E-state index in [9.17, 15) is 18.4 Å². The largest absolute Gasteiger partial charge is 0.450 e. The molecule has 1 heterocycles. The molecule has 1 fully saturated rings. The van der Waals surface area contributed by atoms with Gasteiger partial charge in [0, 0.05) is 30.8 Å². The first-order valence-corrected chi connectivity index (χ1v) is 7.18. The highest BCUT2D eigenvalue weighted by molar-refractivity contribution is 5.94. The lowest BCUT2D eigenvalue weighted by Gasteiger charge is -2.31. The summed E-state index contributed by atoms with van der Waals surface area (Å²) in [5, 5.41) is 2.73. The molecule has 120 valence electrons. The van der Waals surface area contributed by atoms with E-state index in [2.05, 4.69) is 5.32 Å². The lowest BCUT2D eigenvalue weighted by molar-refractivity contribution is 0.0859. The number of hydrogen-bond acceptors (Lipinski definition) is 3. The molecule has 7 heteroatoms. The molecule has 0 aliphatic carbocycles. The monoisotopic (exact) mass is 312 g/mol. The first kappa shape index (κ1) is 16.2. The van der Waals surface area contributed by atoms with Crippen molar-refractivity contribution in [2.75, 3.05) is 19.7 Å². The summed E-state index contributed by atoms with van der Waals surface area (Å²) >= 11 is 0. The normalized spacial score (nSPS) is 15.5. The van der Waals surface area contributed by atoms with Crippen molar-refractivity contribution in [1.29, 1.82) is 0 Å². The molecule has 0 spiro atoms. The summed E-state index contributed by atoms with van der Waals surface area (Å²) in [5.74, 6) is -2.10. The Morgan fingerprint density at radius 2 is 1.82 bits per heavy atom. The number of nitrogens with one attached hydrogen (secondary N) is 1. The fourth-order valence-electron chi connectivity index (χ4n) is 2.37. The van der Waals surface area contributed by atoms with Crippen LogP contribution in [-0.4, -0.2) is 42.6 Å². The summed E-state index contributed by atoms with van der Waals surface area (Å²) in [6, 6.07) is 2.57. The predicted octanol–water partition coefficient (Wildman–Crippen LogP) is 2.32. The Balaban J connectivity index is 1.88. The number of piperidine rings is 1. The van der Waals surface area contributed by atoms with E-state index in [1.807, 2.05) is 0 Å². The molecule has 1 aromatic carbocycles. The molecule has 0 atom stereocenters. The SMILES string of the molecule is CCOC(=O)N1CCC(NC(=O)c2cc(F)cc(F)c2)CC1. The third-order valence-electron chi connectivity index (χ3n) is 3.48. The van der Waals surface area contributed by atoms with Crippen molar-refractivity contribution in [2.24, 2.45) is 0 Å². The van der Waals surface area contributed by atoms with Crippen LogP contribution in [0, 0.1) is 11.6 Å². The minimum Gasteiger partial charge on any atom is -0.450 e. The number of halogens is 2. The first-order valence-electron chi connectivity index (χ1n) is 7.18. The Labute approximate surface area is 127 Å². The molecule has 0 aromatic heterocycles. The lowest BCUT2D eigenvalue weighted by atomic mass is 10.0. The third kappa shape index (κ3) is 4.16. The van der Waals surface area contributed by atoms with Crippen molar-refractivity contribution in [1.82, 2.24) is 10.2 Å². The van der Waals surface area contributed by atoms with Gasteiger partial charge in [-0.25, -0.2) is 13.6 Å². The highest BCUT2D eigenvalue weighted by Gasteiger charge is 2.25. The van der Waals surface area contributed by atoms with Gasteiger partial charge >= 0.3 is 6.09 Å². The van der Waals surface area contributed by atoms with Crippen molar-refractivity contribution in [2.45, 2.75) is 25.8 Å². The zero-order valence-corrected chi connectivity index (χ0v) is 12.3. The molecule has 0 saturated carbocycles. The highest BCUT2D eigenvalue weighted by Crippen LogP contribution is 2.13. The Morgan fingerprint density at radius 1 is 1.23 bits per heavy atom. The standard InChI is InChI=1S/C15H18F2N2O3/c1-2-22-15(21)19-5-3-13(4-6-19)18-14(20)10-7-11(16)9-12(17)8-10/h7-9,13H,2-6H2,1H3,(H,18,20). The van der Waals surface area contributed by atoms with Crippen LogP contribution in [0.1, 0.15) is 30.1 Å². The number of rotatable bonds is 3. The Hall–Kier alpha value is -2.18. The maximum Gasteiger partial charge on any atom is 0.409 e. The van der Waals surface area contributed by atoms with E-state index in [-0.39, 0.29) is 17.7 Å². The van der Waals surface area contributed by atoms with Gasteiger partial charge in [-0.15, -0.1) is 0 Å². The quantitative estimate of drug-likeness (QED) is 0.932. The summed E-state index contributed by atoms with van der Waals surface area (Å²) in [6.45, 7) is 3.01. The Bertz CT molecular complexity index is 537.